The van der Waals surface area contributed by atoms with Crippen LogP contribution in [0.3, 0.4) is 0 Å². The highest BCUT2D eigenvalue weighted by Crippen LogP contribution is 2.27. The molecule has 0 aliphatic carbocycles. The lowest BCUT2D eigenvalue weighted by atomic mass is 10.1. The van der Waals surface area contributed by atoms with Crippen LogP contribution in [-0.2, 0) is 17.9 Å². The average Bonchev–Trinajstić information content (AvgIpc) is 3.14. The number of hydrogen-bond acceptors (Lipinski definition) is 4. The minimum Gasteiger partial charge on any atom is -0.354 e. The van der Waals surface area contributed by atoms with Crippen LogP contribution in [0, 0.1) is 6.92 Å². The van der Waals surface area contributed by atoms with E-state index in [-0.39, 0.29) is 18.0 Å². The first-order valence-electron chi connectivity index (χ1n) is 11.5. The van der Waals surface area contributed by atoms with Crippen molar-refractivity contribution in [1.29, 1.82) is 0 Å². The second kappa shape index (κ2) is 10.7. The number of aromatic nitrogens is 3. The predicted octanol–water partition coefficient (Wildman–Crippen LogP) is 4.36. The lowest BCUT2D eigenvalue weighted by Gasteiger charge is -2.11. The quantitative estimate of drug-likeness (QED) is 0.356. The van der Waals surface area contributed by atoms with Gasteiger partial charge in [0.05, 0.1) is 6.20 Å². The molecule has 172 valence electrons. The fourth-order valence-corrected chi connectivity index (χ4v) is 4.91. The molecular weight excluding hydrogens is 432 g/mol. The van der Waals surface area contributed by atoms with Gasteiger partial charge in [0.2, 0.25) is 5.91 Å². The summed E-state index contributed by atoms with van der Waals surface area (Å²) in [4.78, 5) is 25.9. The molecular formula is C26H30N4O2S. The van der Waals surface area contributed by atoms with E-state index in [0.29, 0.717) is 18.6 Å². The van der Waals surface area contributed by atoms with E-state index in [0.717, 1.165) is 46.2 Å². The van der Waals surface area contributed by atoms with Gasteiger partial charge in [0.25, 0.3) is 5.56 Å². The highest BCUT2D eigenvalue weighted by Gasteiger charge is 2.17. The van der Waals surface area contributed by atoms with Crippen LogP contribution in [0.15, 0.2) is 59.5 Å². The van der Waals surface area contributed by atoms with E-state index in [4.69, 9.17) is 0 Å². The Morgan fingerprint density at radius 1 is 1.06 bits per heavy atom. The first kappa shape index (κ1) is 23.1. The summed E-state index contributed by atoms with van der Waals surface area (Å²) in [7, 11) is 0. The third-order valence-electron chi connectivity index (χ3n) is 5.79. The molecule has 0 aliphatic rings. The maximum Gasteiger partial charge on any atom is 0.291 e. The standard InChI is InChI=1S/C26H30N4O2S/c1-3-14-33-15-8-13-27-24(31)18-30-26(32)25-22(16-28-30)21-11-6-7-12-23(21)29(25)17-20-10-5-4-9-19(20)2/h4-7,9-12,16H,3,8,13-15,17-18H2,1-2H3,(H,27,31). The molecule has 6 nitrogen and oxygen atoms in total. The van der Waals surface area contributed by atoms with Crippen molar-refractivity contribution in [1.82, 2.24) is 19.7 Å². The van der Waals surface area contributed by atoms with E-state index < -0.39 is 0 Å². The summed E-state index contributed by atoms with van der Waals surface area (Å²) in [6, 6.07) is 16.2. The summed E-state index contributed by atoms with van der Waals surface area (Å²) in [5.74, 6) is 1.98. The van der Waals surface area contributed by atoms with Gasteiger partial charge >= 0.3 is 0 Å². The summed E-state index contributed by atoms with van der Waals surface area (Å²) in [5.41, 5.74) is 3.65. The SMILES string of the molecule is CCCSCCCNC(=O)Cn1ncc2c3ccccc3n(Cc3ccccc3C)c2c1=O. The molecule has 0 fully saturated rings. The Hall–Kier alpha value is -3.06. The number of amides is 1. The van der Waals surface area contributed by atoms with Crippen molar-refractivity contribution < 1.29 is 4.79 Å². The van der Waals surface area contributed by atoms with Crippen LogP contribution in [0.25, 0.3) is 21.8 Å². The second-order valence-corrected chi connectivity index (χ2v) is 9.44. The highest BCUT2D eigenvalue weighted by molar-refractivity contribution is 7.99. The molecule has 7 heteroatoms. The minimum absolute atomic E-state index is 0.0806. The molecule has 2 aromatic carbocycles. The van der Waals surface area contributed by atoms with Crippen molar-refractivity contribution >= 4 is 39.5 Å². The molecule has 0 aliphatic heterocycles. The van der Waals surface area contributed by atoms with E-state index >= 15 is 0 Å². The lowest BCUT2D eigenvalue weighted by Crippen LogP contribution is -2.34. The molecule has 1 N–H and O–H groups in total. The maximum absolute atomic E-state index is 13.5. The number of nitrogens with one attached hydrogen (secondary N) is 1. The first-order chi connectivity index (χ1) is 16.1. The third-order valence-corrected chi connectivity index (χ3v) is 7.07. The summed E-state index contributed by atoms with van der Waals surface area (Å²) in [6.45, 7) is 5.35. The van der Waals surface area contributed by atoms with Crippen molar-refractivity contribution in [3.63, 3.8) is 0 Å². The van der Waals surface area contributed by atoms with Crippen LogP contribution in [0.5, 0.6) is 0 Å². The van der Waals surface area contributed by atoms with Gasteiger partial charge in [0.15, 0.2) is 0 Å². The Kier molecular flexibility index (Phi) is 7.50. The van der Waals surface area contributed by atoms with Gasteiger partial charge in [-0.25, -0.2) is 4.68 Å². The highest BCUT2D eigenvalue weighted by atomic mass is 32.2. The zero-order valence-corrected chi connectivity index (χ0v) is 20.0. The minimum atomic E-state index is -0.245. The molecule has 0 spiro atoms. The molecule has 33 heavy (non-hydrogen) atoms. The topological polar surface area (TPSA) is 68.9 Å². The number of thioether (sulfide) groups is 1. The number of aryl methyl sites for hydroxylation is 1. The van der Waals surface area contributed by atoms with Crippen molar-refractivity contribution in [3.05, 3.63) is 76.2 Å². The van der Waals surface area contributed by atoms with Crippen LogP contribution in [0.1, 0.15) is 30.9 Å². The molecule has 2 heterocycles. The number of fused-ring (bicyclic) bond motifs is 3. The van der Waals surface area contributed by atoms with Gasteiger partial charge in [-0.1, -0.05) is 49.4 Å². The first-order valence-corrected chi connectivity index (χ1v) is 12.6. The van der Waals surface area contributed by atoms with E-state index in [1.54, 1.807) is 6.20 Å². The molecule has 0 radical (unpaired) electrons. The van der Waals surface area contributed by atoms with Crippen LogP contribution < -0.4 is 10.9 Å². The number of nitrogens with zero attached hydrogens (tertiary/aromatic N) is 3. The van der Waals surface area contributed by atoms with Gasteiger partial charge in [-0.2, -0.15) is 16.9 Å². The Morgan fingerprint density at radius 3 is 2.67 bits per heavy atom. The molecule has 4 aromatic rings. The normalized spacial score (nSPS) is 11.3. The van der Waals surface area contributed by atoms with E-state index in [9.17, 15) is 9.59 Å². The zero-order chi connectivity index (χ0) is 23.2. The van der Waals surface area contributed by atoms with Crippen molar-refractivity contribution in [2.45, 2.75) is 39.8 Å². The van der Waals surface area contributed by atoms with Crippen LogP contribution in [0.4, 0.5) is 0 Å². The van der Waals surface area contributed by atoms with Gasteiger partial charge in [-0.3, -0.25) is 9.59 Å². The molecule has 1 amide bonds. The fraction of sp³-hybridized carbons (Fsp3) is 0.346. The molecule has 0 bridgehead atoms. The largest absolute Gasteiger partial charge is 0.354 e. The van der Waals surface area contributed by atoms with E-state index in [1.807, 2.05) is 48.2 Å². The van der Waals surface area contributed by atoms with Crippen LogP contribution >= 0.6 is 11.8 Å². The summed E-state index contributed by atoms with van der Waals surface area (Å²) < 4.78 is 3.33. The number of carbonyl (C=O) groups excluding carboxylic acids is 1. The molecule has 4 rings (SSSR count). The van der Waals surface area contributed by atoms with Crippen molar-refractivity contribution in [2.24, 2.45) is 0 Å². The monoisotopic (exact) mass is 462 g/mol. The summed E-state index contributed by atoms with van der Waals surface area (Å²) in [6.07, 6.45) is 3.79. The number of carbonyl (C=O) groups is 1. The number of para-hydroxylation sites is 1. The van der Waals surface area contributed by atoms with Gasteiger partial charge in [0, 0.05) is 29.4 Å². The Balaban J connectivity index is 1.62. The van der Waals surface area contributed by atoms with Gasteiger partial charge in [-0.05, 0) is 48.5 Å². The lowest BCUT2D eigenvalue weighted by molar-refractivity contribution is -0.121. The second-order valence-electron chi connectivity index (χ2n) is 8.22. The van der Waals surface area contributed by atoms with Crippen molar-refractivity contribution in [3.8, 4) is 0 Å². The Labute approximate surface area is 198 Å². The summed E-state index contributed by atoms with van der Waals surface area (Å²) >= 11 is 1.90. The third kappa shape index (κ3) is 5.14. The molecule has 0 unspecified atom stereocenters. The average molecular weight is 463 g/mol. The fourth-order valence-electron chi connectivity index (χ4n) is 4.07. The molecule has 0 saturated carbocycles. The number of hydrogen-bond donors (Lipinski definition) is 1. The van der Waals surface area contributed by atoms with Crippen molar-refractivity contribution in [2.75, 3.05) is 18.1 Å². The molecule has 0 atom stereocenters. The maximum atomic E-state index is 13.5. The Bertz CT molecular complexity index is 1330. The van der Waals surface area contributed by atoms with E-state index in [2.05, 4.69) is 41.0 Å². The van der Waals surface area contributed by atoms with Crippen LogP contribution in [0.2, 0.25) is 0 Å². The molecule has 2 aromatic heterocycles. The summed E-state index contributed by atoms with van der Waals surface area (Å²) in [5, 5.41) is 9.05. The van der Waals surface area contributed by atoms with Crippen LogP contribution in [-0.4, -0.2) is 38.3 Å². The van der Waals surface area contributed by atoms with E-state index in [1.165, 1.54) is 10.2 Å². The van der Waals surface area contributed by atoms with Gasteiger partial charge in [-0.15, -0.1) is 0 Å². The number of benzene rings is 2. The van der Waals surface area contributed by atoms with Gasteiger partial charge in [0.1, 0.15) is 12.1 Å². The Morgan fingerprint density at radius 2 is 1.85 bits per heavy atom. The predicted molar refractivity (Wildman–Crippen MR) is 137 cm³/mol. The number of rotatable bonds is 10. The smallest absolute Gasteiger partial charge is 0.291 e. The van der Waals surface area contributed by atoms with Gasteiger partial charge < -0.3 is 9.88 Å². The zero-order valence-electron chi connectivity index (χ0n) is 19.2. The molecule has 0 saturated heterocycles.